The molecule has 3 rings (SSSR count). The van der Waals surface area contributed by atoms with Crippen LogP contribution in [0, 0.1) is 0 Å². The topological polar surface area (TPSA) is 66.3 Å². The Morgan fingerprint density at radius 1 is 1.04 bits per heavy atom. The van der Waals surface area contributed by atoms with E-state index in [0.717, 1.165) is 30.3 Å². The number of piperidine rings is 1. The van der Waals surface area contributed by atoms with Crippen molar-refractivity contribution in [3.05, 3.63) is 48.0 Å². The highest BCUT2D eigenvalue weighted by molar-refractivity contribution is 5.93. The maximum atomic E-state index is 10.1. The van der Waals surface area contributed by atoms with Gasteiger partial charge in [-0.05, 0) is 49.1 Å². The van der Waals surface area contributed by atoms with Crippen LogP contribution in [0.25, 0.3) is 0 Å². The molecule has 0 spiro atoms. The molecule has 6 nitrogen and oxygen atoms in total. The summed E-state index contributed by atoms with van der Waals surface area (Å²) in [7, 11) is 3.05. The third kappa shape index (κ3) is 4.84. The Bertz CT molecular complexity index is 746. The maximum absolute atomic E-state index is 10.1. The summed E-state index contributed by atoms with van der Waals surface area (Å²) in [6.45, 7) is 2.46. The molecule has 2 N–H and O–H groups in total. The van der Waals surface area contributed by atoms with Gasteiger partial charge in [-0.2, -0.15) is 0 Å². The number of likely N-dealkylation sites (tertiary alicyclic amines) is 1. The standard InChI is InChI=1S/C21H27N3O3/c1-26-18-13-16(14-19(27-2)20(18)25)15-22-21(24-11-7-4-8-12-24)23-17-9-5-3-6-10-17/h3,5-6,9-10,13-14,25H,4,7-8,11-12,15H2,1-2H3,(H,22,23). The molecule has 6 heteroatoms. The molecule has 0 aliphatic carbocycles. The van der Waals surface area contributed by atoms with Crippen LogP contribution in [0.4, 0.5) is 5.69 Å². The van der Waals surface area contributed by atoms with E-state index in [-0.39, 0.29) is 5.75 Å². The van der Waals surface area contributed by atoms with Crippen molar-refractivity contribution >= 4 is 11.6 Å². The van der Waals surface area contributed by atoms with Crippen LogP contribution in [0.5, 0.6) is 17.2 Å². The average molecular weight is 369 g/mol. The summed E-state index contributed by atoms with van der Waals surface area (Å²) >= 11 is 0. The van der Waals surface area contributed by atoms with E-state index in [0.29, 0.717) is 18.0 Å². The van der Waals surface area contributed by atoms with Crippen LogP contribution in [0.15, 0.2) is 47.5 Å². The number of phenols is 1. The first kappa shape index (κ1) is 18.9. The quantitative estimate of drug-likeness (QED) is 0.619. The molecule has 0 aromatic heterocycles. The van der Waals surface area contributed by atoms with Crippen molar-refractivity contribution in [2.45, 2.75) is 25.8 Å². The lowest BCUT2D eigenvalue weighted by Crippen LogP contribution is -2.40. The number of ether oxygens (including phenoxy) is 2. The van der Waals surface area contributed by atoms with Crippen molar-refractivity contribution in [1.82, 2.24) is 4.90 Å². The van der Waals surface area contributed by atoms with Gasteiger partial charge in [0.1, 0.15) is 0 Å². The van der Waals surface area contributed by atoms with Crippen molar-refractivity contribution < 1.29 is 14.6 Å². The first-order valence-electron chi connectivity index (χ1n) is 9.26. The number of nitrogens with one attached hydrogen (secondary N) is 1. The third-order valence-electron chi connectivity index (χ3n) is 4.64. The fourth-order valence-corrected chi connectivity index (χ4v) is 3.18. The fourth-order valence-electron chi connectivity index (χ4n) is 3.18. The van der Waals surface area contributed by atoms with E-state index in [1.165, 1.54) is 33.5 Å². The predicted molar refractivity (Wildman–Crippen MR) is 108 cm³/mol. The van der Waals surface area contributed by atoms with Gasteiger partial charge in [0.25, 0.3) is 0 Å². The van der Waals surface area contributed by atoms with E-state index in [1.807, 2.05) is 30.3 Å². The van der Waals surface area contributed by atoms with E-state index < -0.39 is 0 Å². The van der Waals surface area contributed by atoms with Crippen molar-refractivity contribution in [1.29, 1.82) is 0 Å². The molecule has 1 aliphatic rings. The molecule has 1 saturated heterocycles. The van der Waals surface area contributed by atoms with E-state index in [2.05, 4.69) is 10.2 Å². The van der Waals surface area contributed by atoms with Crippen LogP contribution in [0.1, 0.15) is 24.8 Å². The predicted octanol–water partition coefficient (Wildman–Crippen LogP) is 3.86. The van der Waals surface area contributed by atoms with Crippen LogP contribution < -0.4 is 14.8 Å². The zero-order valence-corrected chi connectivity index (χ0v) is 15.9. The van der Waals surface area contributed by atoms with Gasteiger partial charge < -0.3 is 24.8 Å². The molecule has 27 heavy (non-hydrogen) atoms. The second-order valence-electron chi connectivity index (χ2n) is 6.53. The minimum Gasteiger partial charge on any atom is -0.502 e. The molecular weight excluding hydrogens is 342 g/mol. The molecule has 0 amide bonds. The highest BCUT2D eigenvalue weighted by Crippen LogP contribution is 2.37. The molecule has 2 aromatic rings. The summed E-state index contributed by atoms with van der Waals surface area (Å²) in [6.07, 6.45) is 3.62. The van der Waals surface area contributed by atoms with Gasteiger partial charge in [-0.15, -0.1) is 0 Å². The number of methoxy groups -OCH3 is 2. The minimum atomic E-state index is 0.00592. The lowest BCUT2D eigenvalue weighted by Gasteiger charge is -2.30. The van der Waals surface area contributed by atoms with Gasteiger partial charge in [0.15, 0.2) is 17.5 Å². The Balaban J connectivity index is 1.84. The van der Waals surface area contributed by atoms with Crippen LogP contribution in [0.3, 0.4) is 0 Å². The third-order valence-corrected chi connectivity index (χ3v) is 4.64. The zero-order valence-electron chi connectivity index (χ0n) is 15.9. The number of aromatic hydroxyl groups is 1. The Morgan fingerprint density at radius 2 is 1.67 bits per heavy atom. The second-order valence-corrected chi connectivity index (χ2v) is 6.53. The largest absolute Gasteiger partial charge is 0.502 e. The van der Waals surface area contributed by atoms with Gasteiger partial charge in [0, 0.05) is 18.8 Å². The minimum absolute atomic E-state index is 0.00592. The average Bonchev–Trinajstić information content (AvgIpc) is 2.73. The summed E-state index contributed by atoms with van der Waals surface area (Å²) in [5.74, 6) is 1.64. The Hall–Kier alpha value is -2.89. The number of guanidine groups is 1. The molecule has 1 aliphatic heterocycles. The number of rotatable bonds is 5. The number of aliphatic imine (C=N–C) groups is 1. The second kappa shape index (κ2) is 9.16. The van der Waals surface area contributed by atoms with Gasteiger partial charge in [-0.3, -0.25) is 0 Å². The smallest absolute Gasteiger partial charge is 0.200 e. The molecule has 0 radical (unpaired) electrons. The monoisotopic (exact) mass is 369 g/mol. The van der Waals surface area contributed by atoms with Crippen molar-refractivity contribution in [3.8, 4) is 17.2 Å². The Morgan fingerprint density at radius 3 is 2.26 bits per heavy atom. The number of phenolic OH excluding ortho intramolecular Hbond substituents is 1. The van der Waals surface area contributed by atoms with E-state index in [4.69, 9.17) is 14.5 Å². The number of anilines is 1. The first-order valence-corrected chi connectivity index (χ1v) is 9.26. The number of hydrogen-bond donors (Lipinski definition) is 2. The van der Waals surface area contributed by atoms with Crippen LogP contribution in [-0.2, 0) is 6.54 Å². The zero-order chi connectivity index (χ0) is 19.1. The van der Waals surface area contributed by atoms with Crippen molar-refractivity contribution in [3.63, 3.8) is 0 Å². The maximum Gasteiger partial charge on any atom is 0.200 e. The SMILES string of the molecule is COc1cc(CN=C(Nc2ccccc2)N2CCCCC2)cc(OC)c1O. The fraction of sp³-hybridized carbons (Fsp3) is 0.381. The Kier molecular flexibility index (Phi) is 6.41. The van der Waals surface area contributed by atoms with E-state index in [9.17, 15) is 5.11 Å². The van der Waals surface area contributed by atoms with Gasteiger partial charge in [-0.1, -0.05) is 18.2 Å². The molecule has 0 unspecified atom stereocenters. The van der Waals surface area contributed by atoms with Crippen molar-refractivity contribution in [2.75, 3.05) is 32.6 Å². The van der Waals surface area contributed by atoms with Crippen LogP contribution in [0.2, 0.25) is 0 Å². The highest BCUT2D eigenvalue weighted by atomic mass is 16.5. The van der Waals surface area contributed by atoms with E-state index >= 15 is 0 Å². The highest BCUT2D eigenvalue weighted by Gasteiger charge is 2.16. The van der Waals surface area contributed by atoms with Gasteiger partial charge >= 0.3 is 0 Å². The first-order chi connectivity index (χ1) is 13.2. The molecule has 2 aromatic carbocycles. The lowest BCUT2D eigenvalue weighted by molar-refractivity contribution is 0.338. The van der Waals surface area contributed by atoms with Crippen LogP contribution >= 0.6 is 0 Å². The molecule has 0 saturated carbocycles. The number of para-hydroxylation sites is 1. The number of hydrogen-bond acceptors (Lipinski definition) is 4. The molecule has 144 valence electrons. The van der Waals surface area contributed by atoms with Crippen LogP contribution in [-0.4, -0.2) is 43.3 Å². The molecule has 0 atom stereocenters. The molecular formula is C21H27N3O3. The normalized spacial score (nSPS) is 14.7. The summed E-state index contributed by atoms with van der Waals surface area (Å²) in [5.41, 5.74) is 1.92. The number of benzene rings is 2. The summed E-state index contributed by atoms with van der Waals surface area (Å²) < 4.78 is 10.5. The molecule has 1 fully saturated rings. The van der Waals surface area contributed by atoms with Crippen molar-refractivity contribution in [2.24, 2.45) is 4.99 Å². The summed E-state index contributed by atoms with van der Waals surface area (Å²) in [5, 5.41) is 13.5. The van der Waals surface area contributed by atoms with Gasteiger partial charge in [0.2, 0.25) is 5.75 Å². The van der Waals surface area contributed by atoms with Gasteiger partial charge in [0.05, 0.1) is 20.8 Å². The molecule has 1 heterocycles. The summed E-state index contributed by atoms with van der Waals surface area (Å²) in [4.78, 5) is 7.13. The lowest BCUT2D eigenvalue weighted by atomic mass is 10.1. The Labute approximate surface area is 160 Å². The summed E-state index contributed by atoms with van der Waals surface area (Å²) in [6, 6.07) is 13.7. The molecule has 0 bridgehead atoms. The van der Waals surface area contributed by atoms with Gasteiger partial charge in [-0.25, -0.2) is 4.99 Å². The number of nitrogens with zero attached hydrogens (tertiary/aromatic N) is 2. The van der Waals surface area contributed by atoms with E-state index in [1.54, 1.807) is 12.1 Å².